The molecule has 1 fully saturated rings. The number of benzene rings is 1. The highest BCUT2D eigenvalue weighted by molar-refractivity contribution is 5.78. The van der Waals surface area contributed by atoms with Gasteiger partial charge >= 0.3 is 0 Å². The Morgan fingerprint density at radius 2 is 2.27 bits per heavy atom. The van der Waals surface area contributed by atoms with Gasteiger partial charge in [0.25, 0.3) is 0 Å². The van der Waals surface area contributed by atoms with Crippen LogP contribution in [0.4, 0.5) is 4.39 Å². The van der Waals surface area contributed by atoms with Crippen LogP contribution in [0.15, 0.2) is 29.1 Å². The molecular formula is C20H28FN3O2. The summed E-state index contributed by atoms with van der Waals surface area (Å²) < 4.78 is 19.2. The van der Waals surface area contributed by atoms with Crippen LogP contribution < -0.4 is 5.43 Å². The number of aromatic nitrogens is 1. The second-order valence-corrected chi connectivity index (χ2v) is 7.32. The van der Waals surface area contributed by atoms with Crippen LogP contribution in [-0.4, -0.2) is 61.7 Å². The fourth-order valence-corrected chi connectivity index (χ4v) is 3.89. The Bertz CT molecular complexity index is 792. The first-order valence-corrected chi connectivity index (χ1v) is 9.27. The average Bonchev–Trinajstić information content (AvgIpc) is 2.61. The number of pyridine rings is 1. The number of methoxy groups -OCH3 is 1. The molecule has 0 spiro atoms. The zero-order valence-corrected chi connectivity index (χ0v) is 15.6. The number of para-hydroxylation sites is 1. The van der Waals surface area contributed by atoms with Gasteiger partial charge in [-0.3, -0.25) is 4.79 Å². The zero-order valence-electron chi connectivity index (χ0n) is 15.6. The highest BCUT2D eigenvalue weighted by Gasteiger charge is 2.21. The summed E-state index contributed by atoms with van der Waals surface area (Å²) in [6.45, 7) is 5.53. The van der Waals surface area contributed by atoms with Crippen LogP contribution in [0.5, 0.6) is 0 Å². The third kappa shape index (κ3) is 4.69. The number of rotatable bonds is 7. The van der Waals surface area contributed by atoms with Gasteiger partial charge in [-0.05, 0) is 44.5 Å². The third-order valence-corrected chi connectivity index (χ3v) is 5.09. The van der Waals surface area contributed by atoms with Crippen LogP contribution in [0.25, 0.3) is 10.9 Å². The Hall–Kier alpha value is -1.76. The largest absolute Gasteiger partial charge is 0.383 e. The lowest BCUT2D eigenvalue weighted by Crippen LogP contribution is -2.41. The van der Waals surface area contributed by atoms with Crippen LogP contribution >= 0.6 is 0 Å². The second-order valence-electron chi connectivity index (χ2n) is 7.32. The fraction of sp³-hybridized carbons (Fsp3) is 0.550. The van der Waals surface area contributed by atoms with E-state index in [1.165, 1.54) is 18.9 Å². The molecule has 1 N–H and O–H groups in total. The van der Waals surface area contributed by atoms with Crippen molar-refractivity contribution in [3.05, 3.63) is 46.0 Å². The molecule has 1 aromatic carbocycles. The van der Waals surface area contributed by atoms with Gasteiger partial charge in [0.15, 0.2) is 5.43 Å². The van der Waals surface area contributed by atoms with E-state index in [9.17, 15) is 9.18 Å². The molecule has 142 valence electrons. The van der Waals surface area contributed by atoms with E-state index in [4.69, 9.17) is 4.74 Å². The minimum Gasteiger partial charge on any atom is -0.383 e. The number of halogens is 1. The number of hydrogen-bond donors (Lipinski definition) is 1. The predicted octanol–water partition coefficient (Wildman–Crippen LogP) is 2.46. The van der Waals surface area contributed by atoms with E-state index in [0.29, 0.717) is 23.4 Å². The van der Waals surface area contributed by atoms with Crippen LogP contribution in [0, 0.1) is 11.7 Å². The maximum atomic E-state index is 14.0. The molecule has 6 heteroatoms. The molecule has 1 atom stereocenters. The van der Waals surface area contributed by atoms with E-state index < -0.39 is 0 Å². The smallest absolute Gasteiger partial charge is 0.189 e. The maximum Gasteiger partial charge on any atom is 0.189 e. The van der Waals surface area contributed by atoms with Crippen LogP contribution in [-0.2, 0) is 11.3 Å². The van der Waals surface area contributed by atoms with Crippen molar-refractivity contribution in [2.45, 2.75) is 19.4 Å². The highest BCUT2D eigenvalue weighted by Crippen LogP contribution is 2.18. The van der Waals surface area contributed by atoms with Crippen molar-refractivity contribution >= 4 is 10.9 Å². The van der Waals surface area contributed by atoms with Gasteiger partial charge in [-0.1, -0.05) is 6.07 Å². The SMILES string of the molecule is COCCN1CCC[C@@H](CN(C)Cc2cc(=O)c3cccc(F)c3[nH]2)C1. The summed E-state index contributed by atoms with van der Waals surface area (Å²) in [6.07, 6.45) is 2.43. The summed E-state index contributed by atoms with van der Waals surface area (Å²) in [6, 6.07) is 6.19. The Balaban J connectivity index is 1.63. The summed E-state index contributed by atoms with van der Waals surface area (Å²) >= 11 is 0. The molecule has 1 aliphatic rings. The van der Waals surface area contributed by atoms with E-state index in [1.54, 1.807) is 25.3 Å². The lowest BCUT2D eigenvalue weighted by Gasteiger charge is -2.34. The zero-order chi connectivity index (χ0) is 18.5. The molecule has 0 unspecified atom stereocenters. The van der Waals surface area contributed by atoms with E-state index in [2.05, 4.69) is 21.8 Å². The Kier molecular flexibility index (Phi) is 6.40. The average molecular weight is 361 g/mol. The standard InChI is InChI=1S/C20H28FN3O2/c1-23(12-15-5-4-8-24(13-15)9-10-26-2)14-16-11-19(25)17-6-3-7-18(21)20(17)22-16/h3,6-7,11,15H,4-5,8-10,12-14H2,1-2H3,(H,22,25)/t15-/m0/s1. The molecule has 26 heavy (non-hydrogen) atoms. The minimum atomic E-state index is -0.384. The second kappa shape index (κ2) is 8.75. The monoisotopic (exact) mass is 361 g/mol. The Labute approximate surface area is 153 Å². The van der Waals surface area contributed by atoms with Gasteiger partial charge in [0.1, 0.15) is 5.82 Å². The van der Waals surface area contributed by atoms with Gasteiger partial charge in [-0.2, -0.15) is 0 Å². The normalized spacial score (nSPS) is 18.7. The van der Waals surface area contributed by atoms with E-state index in [0.717, 1.165) is 38.5 Å². The van der Waals surface area contributed by atoms with Crippen molar-refractivity contribution in [2.24, 2.45) is 5.92 Å². The van der Waals surface area contributed by atoms with Crippen LogP contribution in [0.3, 0.4) is 0 Å². The molecule has 1 aliphatic heterocycles. The van der Waals surface area contributed by atoms with Crippen molar-refractivity contribution in [3.63, 3.8) is 0 Å². The highest BCUT2D eigenvalue weighted by atomic mass is 19.1. The van der Waals surface area contributed by atoms with Crippen molar-refractivity contribution in [3.8, 4) is 0 Å². The number of H-pyrrole nitrogens is 1. The quantitative estimate of drug-likeness (QED) is 0.823. The first kappa shape index (κ1) is 19.0. The third-order valence-electron chi connectivity index (χ3n) is 5.09. The molecule has 0 aliphatic carbocycles. The molecule has 5 nitrogen and oxygen atoms in total. The van der Waals surface area contributed by atoms with Crippen LogP contribution in [0.2, 0.25) is 0 Å². The van der Waals surface area contributed by atoms with Crippen LogP contribution in [0.1, 0.15) is 18.5 Å². The van der Waals surface area contributed by atoms with E-state index in [-0.39, 0.29) is 11.2 Å². The van der Waals surface area contributed by atoms with E-state index in [1.807, 2.05) is 0 Å². The number of nitrogens with zero attached hydrogens (tertiary/aromatic N) is 2. The molecule has 2 heterocycles. The first-order valence-electron chi connectivity index (χ1n) is 9.27. The predicted molar refractivity (Wildman–Crippen MR) is 102 cm³/mol. The molecule has 1 aromatic heterocycles. The minimum absolute atomic E-state index is 0.134. The summed E-state index contributed by atoms with van der Waals surface area (Å²) in [4.78, 5) is 20.0. The number of aromatic amines is 1. The molecule has 3 rings (SSSR count). The topological polar surface area (TPSA) is 48.6 Å². The Morgan fingerprint density at radius 3 is 3.08 bits per heavy atom. The van der Waals surface area contributed by atoms with Crippen molar-refractivity contribution in [1.29, 1.82) is 0 Å². The lowest BCUT2D eigenvalue weighted by atomic mass is 9.97. The summed E-state index contributed by atoms with van der Waals surface area (Å²) in [5, 5.41) is 0.400. The van der Waals surface area contributed by atoms with Gasteiger partial charge in [-0.25, -0.2) is 4.39 Å². The Morgan fingerprint density at radius 1 is 1.42 bits per heavy atom. The number of likely N-dealkylation sites (tertiary alicyclic amines) is 1. The lowest BCUT2D eigenvalue weighted by molar-refractivity contribution is 0.101. The molecule has 0 radical (unpaired) electrons. The van der Waals surface area contributed by atoms with Gasteiger partial charge in [0.2, 0.25) is 0 Å². The number of nitrogens with one attached hydrogen (secondary N) is 1. The van der Waals surface area contributed by atoms with Gasteiger partial charge in [0.05, 0.1) is 12.1 Å². The number of hydrogen-bond acceptors (Lipinski definition) is 4. The molecule has 1 saturated heterocycles. The number of ether oxygens (including phenoxy) is 1. The van der Waals surface area contributed by atoms with Gasteiger partial charge in [-0.15, -0.1) is 0 Å². The number of fused-ring (bicyclic) bond motifs is 1. The van der Waals surface area contributed by atoms with Crippen molar-refractivity contribution in [2.75, 3.05) is 46.9 Å². The fourth-order valence-electron chi connectivity index (χ4n) is 3.89. The molecule has 0 saturated carbocycles. The van der Waals surface area contributed by atoms with Gasteiger partial charge in [0, 0.05) is 50.4 Å². The molecule has 2 aromatic rings. The summed E-state index contributed by atoms with van der Waals surface area (Å²) in [5.41, 5.74) is 0.916. The molecular weight excluding hydrogens is 333 g/mol. The summed E-state index contributed by atoms with van der Waals surface area (Å²) in [7, 11) is 3.79. The first-order chi connectivity index (χ1) is 12.6. The van der Waals surface area contributed by atoms with Crippen molar-refractivity contribution < 1.29 is 9.13 Å². The van der Waals surface area contributed by atoms with E-state index >= 15 is 0 Å². The molecule has 0 bridgehead atoms. The van der Waals surface area contributed by atoms with Gasteiger partial charge < -0.3 is 19.5 Å². The number of piperidine rings is 1. The van der Waals surface area contributed by atoms with Crippen molar-refractivity contribution in [1.82, 2.24) is 14.8 Å². The summed E-state index contributed by atoms with van der Waals surface area (Å²) in [5.74, 6) is 0.222. The maximum absolute atomic E-state index is 14.0. The molecule has 0 amide bonds.